The molecule has 0 radical (unpaired) electrons. The van der Waals surface area contributed by atoms with Gasteiger partial charge in [0.05, 0.1) is 7.11 Å². The van der Waals surface area contributed by atoms with E-state index in [2.05, 4.69) is 38.9 Å². The number of ether oxygens (including phenoxy) is 1. The number of rotatable bonds is 4. The third kappa shape index (κ3) is 3.68. The van der Waals surface area contributed by atoms with E-state index < -0.39 is 0 Å². The first-order valence-electron chi connectivity index (χ1n) is 9.02. The Bertz CT molecular complexity index is 1020. The minimum Gasteiger partial charge on any atom is -0.496 e. The van der Waals surface area contributed by atoms with Crippen molar-refractivity contribution in [3.63, 3.8) is 0 Å². The monoisotopic (exact) mass is 385 g/mol. The van der Waals surface area contributed by atoms with Crippen molar-refractivity contribution < 1.29 is 4.74 Å². The largest absolute Gasteiger partial charge is 0.496 e. The minimum absolute atomic E-state index is 0.120. The van der Waals surface area contributed by atoms with Crippen molar-refractivity contribution in [2.45, 2.75) is 20.4 Å². The fourth-order valence-corrected chi connectivity index (χ4v) is 4.41. The number of aromatic nitrogens is 3. The van der Waals surface area contributed by atoms with E-state index in [9.17, 15) is 4.79 Å². The molecule has 27 heavy (non-hydrogen) atoms. The smallest absolute Gasteiger partial charge is 0.275 e. The summed E-state index contributed by atoms with van der Waals surface area (Å²) in [5.41, 5.74) is 3.07. The molecule has 1 fully saturated rings. The highest BCUT2D eigenvalue weighted by atomic mass is 32.1. The van der Waals surface area contributed by atoms with Crippen molar-refractivity contribution >= 4 is 21.4 Å². The van der Waals surface area contributed by atoms with Gasteiger partial charge >= 0.3 is 0 Å². The van der Waals surface area contributed by atoms with Crippen LogP contribution in [0.1, 0.15) is 16.8 Å². The molecule has 0 saturated carbocycles. The molecular weight excluding hydrogens is 362 g/mol. The van der Waals surface area contributed by atoms with Gasteiger partial charge in [-0.1, -0.05) is 29.0 Å². The second-order valence-corrected chi connectivity index (χ2v) is 7.83. The molecule has 0 atom stereocenters. The van der Waals surface area contributed by atoms with Gasteiger partial charge in [-0.25, -0.2) is 4.98 Å². The van der Waals surface area contributed by atoms with E-state index in [0.717, 1.165) is 49.3 Å². The first-order chi connectivity index (χ1) is 13.0. The molecule has 4 rings (SSSR count). The Hall–Kier alpha value is -2.45. The lowest BCUT2D eigenvalue weighted by Crippen LogP contribution is -2.46. The lowest BCUT2D eigenvalue weighted by molar-refractivity contribution is 0.246. The molecule has 0 aliphatic carbocycles. The number of fused-ring (bicyclic) bond motifs is 1. The molecule has 3 aromatic rings. The first-order valence-corrected chi connectivity index (χ1v) is 9.83. The van der Waals surface area contributed by atoms with E-state index in [1.165, 1.54) is 33.0 Å². The van der Waals surface area contributed by atoms with Crippen LogP contribution in [0.15, 0.2) is 29.1 Å². The molecule has 3 heterocycles. The van der Waals surface area contributed by atoms with E-state index in [4.69, 9.17) is 4.74 Å². The van der Waals surface area contributed by atoms with Crippen LogP contribution in [-0.2, 0) is 6.54 Å². The summed E-state index contributed by atoms with van der Waals surface area (Å²) in [5, 5.41) is 5.33. The quantitative estimate of drug-likeness (QED) is 0.685. The molecule has 8 heteroatoms. The fourth-order valence-electron chi connectivity index (χ4n) is 3.41. The van der Waals surface area contributed by atoms with Crippen LogP contribution in [0.5, 0.6) is 5.75 Å². The molecule has 0 N–H and O–H groups in total. The van der Waals surface area contributed by atoms with Crippen LogP contribution in [-0.4, -0.2) is 52.8 Å². The standard InChI is InChI=1S/C19H23N5O2S/c1-13-4-5-16(26-3)15(10-13)12-22-6-8-23(9-7-22)19-21-24-17(25)11-14(2)20-18(24)27-19/h4-5,10-11H,6-9,12H2,1-3H3. The molecule has 7 nitrogen and oxygen atoms in total. The Morgan fingerprint density at radius 2 is 1.93 bits per heavy atom. The Labute approximate surface area is 161 Å². The topological polar surface area (TPSA) is 63.0 Å². The minimum atomic E-state index is -0.120. The van der Waals surface area contributed by atoms with E-state index >= 15 is 0 Å². The van der Waals surface area contributed by atoms with Crippen LogP contribution < -0.4 is 15.2 Å². The molecule has 0 spiro atoms. The van der Waals surface area contributed by atoms with Crippen molar-refractivity contribution in [2.24, 2.45) is 0 Å². The zero-order chi connectivity index (χ0) is 19.0. The average molecular weight is 385 g/mol. The molecule has 1 saturated heterocycles. The van der Waals surface area contributed by atoms with Gasteiger partial charge in [-0.2, -0.15) is 4.52 Å². The second kappa shape index (κ2) is 7.28. The van der Waals surface area contributed by atoms with Gasteiger partial charge in [0.2, 0.25) is 10.1 Å². The number of hydrogen-bond donors (Lipinski definition) is 0. The maximum absolute atomic E-state index is 12.1. The number of nitrogens with zero attached hydrogens (tertiary/aromatic N) is 5. The van der Waals surface area contributed by atoms with Gasteiger partial charge in [0.15, 0.2) is 0 Å². The maximum atomic E-state index is 12.1. The SMILES string of the molecule is COc1ccc(C)cc1CN1CCN(c2nn3c(=O)cc(C)nc3s2)CC1. The van der Waals surface area contributed by atoms with Gasteiger partial charge in [0, 0.05) is 50.0 Å². The molecular formula is C19H23N5O2S. The van der Waals surface area contributed by atoms with Crippen LogP contribution in [0.4, 0.5) is 5.13 Å². The molecule has 1 aliphatic rings. The van der Waals surface area contributed by atoms with Gasteiger partial charge in [-0.15, -0.1) is 5.10 Å². The van der Waals surface area contributed by atoms with Crippen LogP contribution in [0.25, 0.3) is 4.96 Å². The number of benzene rings is 1. The number of hydrogen-bond acceptors (Lipinski definition) is 7. The van der Waals surface area contributed by atoms with Gasteiger partial charge < -0.3 is 9.64 Å². The van der Waals surface area contributed by atoms with Crippen LogP contribution in [0.2, 0.25) is 0 Å². The van der Waals surface area contributed by atoms with Crippen molar-refractivity contribution in [3.8, 4) is 5.75 Å². The number of methoxy groups -OCH3 is 1. The highest BCUT2D eigenvalue weighted by molar-refractivity contribution is 7.20. The molecule has 1 aliphatic heterocycles. The predicted molar refractivity (Wildman–Crippen MR) is 107 cm³/mol. The summed E-state index contributed by atoms with van der Waals surface area (Å²) in [6.45, 7) is 8.44. The fraction of sp³-hybridized carbons (Fsp3) is 0.421. The van der Waals surface area contributed by atoms with Gasteiger partial charge in [0.25, 0.3) is 5.56 Å². The summed E-state index contributed by atoms with van der Waals surface area (Å²) in [4.78, 5) is 21.8. The zero-order valence-electron chi connectivity index (χ0n) is 15.8. The van der Waals surface area contributed by atoms with Crippen molar-refractivity contribution in [1.82, 2.24) is 19.5 Å². The second-order valence-electron chi connectivity index (χ2n) is 6.89. The summed E-state index contributed by atoms with van der Waals surface area (Å²) in [6.07, 6.45) is 0. The Balaban J connectivity index is 1.46. The number of piperazine rings is 1. The van der Waals surface area contributed by atoms with Crippen LogP contribution >= 0.6 is 11.3 Å². The van der Waals surface area contributed by atoms with Gasteiger partial charge in [-0.3, -0.25) is 9.69 Å². The molecule has 1 aromatic carbocycles. The molecule has 0 unspecified atom stereocenters. The van der Waals surface area contributed by atoms with Crippen molar-refractivity contribution in [3.05, 3.63) is 51.4 Å². The van der Waals surface area contributed by atoms with Crippen molar-refractivity contribution in [1.29, 1.82) is 0 Å². The average Bonchev–Trinajstić information content (AvgIpc) is 3.07. The maximum Gasteiger partial charge on any atom is 0.275 e. The molecule has 142 valence electrons. The summed E-state index contributed by atoms with van der Waals surface area (Å²) >= 11 is 1.47. The normalized spacial score (nSPS) is 15.4. The number of aryl methyl sites for hydroxylation is 2. The van der Waals surface area contributed by atoms with E-state index in [1.807, 2.05) is 13.0 Å². The summed E-state index contributed by atoms with van der Waals surface area (Å²) < 4.78 is 6.90. The number of anilines is 1. The first kappa shape index (κ1) is 17.9. The van der Waals surface area contributed by atoms with E-state index in [0.29, 0.717) is 4.96 Å². The molecule has 2 aromatic heterocycles. The van der Waals surface area contributed by atoms with Gasteiger partial charge in [0.1, 0.15) is 5.75 Å². The predicted octanol–water partition coefficient (Wildman–Crippen LogP) is 2.10. The third-order valence-corrected chi connectivity index (χ3v) is 5.80. The zero-order valence-corrected chi connectivity index (χ0v) is 16.6. The van der Waals surface area contributed by atoms with Crippen molar-refractivity contribution in [2.75, 3.05) is 38.2 Å². The molecule has 0 bridgehead atoms. The van der Waals surface area contributed by atoms with E-state index in [1.54, 1.807) is 7.11 Å². The van der Waals surface area contributed by atoms with E-state index in [-0.39, 0.29) is 5.56 Å². The van der Waals surface area contributed by atoms with Crippen LogP contribution in [0, 0.1) is 13.8 Å². The molecule has 0 amide bonds. The lowest BCUT2D eigenvalue weighted by atomic mass is 10.1. The van der Waals surface area contributed by atoms with Crippen LogP contribution in [0.3, 0.4) is 0 Å². The lowest BCUT2D eigenvalue weighted by Gasteiger charge is -2.34. The summed E-state index contributed by atoms with van der Waals surface area (Å²) in [5.74, 6) is 0.940. The Morgan fingerprint density at radius 1 is 1.15 bits per heavy atom. The summed E-state index contributed by atoms with van der Waals surface area (Å²) in [6, 6.07) is 7.82. The summed E-state index contributed by atoms with van der Waals surface area (Å²) in [7, 11) is 1.72. The Kier molecular flexibility index (Phi) is 4.84. The van der Waals surface area contributed by atoms with Gasteiger partial charge in [-0.05, 0) is 19.9 Å². The third-order valence-electron chi connectivity index (χ3n) is 4.84. The highest BCUT2D eigenvalue weighted by Crippen LogP contribution is 2.25. The Morgan fingerprint density at radius 3 is 2.67 bits per heavy atom. The highest BCUT2D eigenvalue weighted by Gasteiger charge is 2.21.